The van der Waals surface area contributed by atoms with E-state index in [9.17, 15) is 9.18 Å². The quantitative estimate of drug-likeness (QED) is 0.931. The molecule has 0 unspecified atom stereocenters. The van der Waals surface area contributed by atoms with Crippen molar-refractivity contribution in [1.82, 2.24) is 10.2 Å². The number of nitrogens with zero attached hydrogens (tertiary/aromatic N) is 1. The van der Waals surface area contributed by atoms with Crippen molar-refractivity contribution in [1.29, 1.82) is 0 Å². The van der Waals surface area contributed by atoms with Gasteiger partial charge in [-0.25, -0.2) is 4.39 Å². The Kier molecular flexibility index (Phi) is 4.90. The second-order valence-corrected chi connectivity index (χ2v) is 7.09. The van der Waals surface area contributed by atoms with Gasteiger partial charge in [-0.2, -0.15) is 0 Å². The van der Waals surface area contributed by atoms with Crippen LogP contribution in [0.5, 0.6) is 0 Å². The van der Waals surface area contributed by atoms with E-state index in [1.54, 1.807) is 6.07 Å². The zero-order valence-electron chi connectivity index (χ0n) is 14.5. The van der Waals surface area contributed by atoms with E-state index >= 15 is 0 Å². The number of benzene rings is 1. The lowest BCUT2D eigenvalue weighted by atomic mass is 9.93. The van der Waals surface area contributed by atoms with Gasteiger partial charge in [0.1, 0.15) is 17.2 Å². The highest BCUT2D eigenvalue weighted by Crippen LogP contribution is 2.22. The number of rotatable bonds is 4. The molecule has 2 aromatic rings. The van der Waals surface area contributed by atoms with Gasteiger partial charge in [0.05, 0.1) is 6.54 Å². The lowest BCUT2D eigenvalue weighted by Crippen LogP contribution is -2.50. The van der Waals surface area contributed by atoms with Crippen LogP contribution in [0.25, 0.3) is 11.0 Å². The van der Waals surface area contributed by atoms with E-state index in [1.807, 2.05) is 24.8 Å². The van der Waals surface area contributed by atoms with E-state index in [0.717, 1.165) is 30.7 Å². The number of hydrogen-bond donors (Lipinski definition) is 1. The highest BCUT2D eigenvalue weighted by molar-refractivity contribution is 5.78. The number of piperidine rings is 1. The van der Waals surface area contributed by atoms with Gasteiger partial charge in [-0.3, -0.25) is 4.79 Å². The van der Waals surface area contributed by atoms with Gasteiger partial charge in [0.25, 0.3) is 0 Å². The van der Waals surface area contributed by atoms with Gasteiger partial charge in [-0.1, -0.05) is 20.8 Å². The number of nitrogens with one attached hydrogen (secondary N) is 1. The van der Waals surface area contributed by atoms with E-state index < -0.39 is 0 Å². The molecule has 1 saturated heterocycles. The molecule has 5 heteroatoms. The molecule has 130 valence electrons. The summed E-state index contributed by atoms with van der Waals surface area (Å²) in [4.78, 5) is 14.1. The van der Waals surface area contributed by atoms with E-state index in [1.165, 1.54) is 12.1 Å². The predicted molar refractivity (Wildman–Crippen MR) is 92.0 cm³/mol. The molecular formula is C19H25FN2O2. The molecule has 1 fully saturated rings. The maximum atomic E-state index is 13.2. The summed E-state index contributed by atoms with van der Waals surface area (Å²) in [6.07, 6.45) is 0.939. The Labute approximate surface area is 142 Å². The van der Waals surface area contributed by atoms with Crippen LogP contribution in [0.15, 0.2) is 28.7 Å². The van der Waals surface area contributed by atoms with Gasteiger partial charge in [-0.15, -0.1) is 0 Å². The minimum atomic E-state index is -0.251. The molecule has 2 heterocycles. The maximum absolute atomic E-state index is 13.2. The maximum Gasteiger partial charge on any atom is 0.225 e. The van der Waals surface area contributed by atoms with Crippen LogP contribution in [0.1, 0.15) is 33.0 Å². The predicted octanol–water partition coefficient (Wildman–Crippen LogP) is 3.55. The summed E-state index contributed by atoms with van der Waals surface area (Å²) in [6, 6.07) is 6.79. The van der Waals surface area contributed by atoms with Gasteiger partial charge in [0, 0.05) is 30.4 Å². The molecule has 24 heavy (non-hydrogen) atoms. The zero-order valence-corrected chi connectivity index (χ0v) is 14.5. The third-order valence-electron chi connectivity index (χ3n) is 4.78. The van der Waals surface area contributed by atoms with Crippen molar-refractivity contribution < 1.29 is 13.6 Å². The monoisotopic (exact) mass is 332 g/mol. The summed E-state index contributed by atoms with van der Waals surface area (Å²) in [7, 11) is 0. The molecule has 0 radical (unpaired) electrons. The molecule has 1 aliphatic rings. The first-order chi connectivity index (χ1) is 11.4. The van der Waals surface area contributed by atoms with Crippen LogP contribution in [0.4, 0.5) is 4.39 Å². The standard InChI is InChI=1S/C19H25FN2O2/c1-12(2)19(23)22-7-6-17(13(3)11-22)21-10-16-9-14-8-15(20)4-5-18(14)24-16/h4-5,8-9,12-13,17,21H,6-7,10-11H2,1-3H3/t13-,17-/m0/s1. The molecule has 0 saturated carbocycles. The SMILES string of the molecule is CC(C)C(=O)N1CC[C@H](NCc2cc3cc(F)ccc3o2)[C@@H](C)C1. The molecule has 0 aliphatic carbocycles. The number of hydrogen-bond acceptors (Lipinski definition) is 3. The summed E-state index contributed by atoms with van der Waals surface area (Å²) in [6.45, 7) is 8.27. The largest absolute Gasteiger partial charge is 0.460 e. The van der Waals surface area contributed by atoms with E-state index in [2.05, 4.69) is 12.2 Å². The Balaban J connectivity index is 1.57. The zero-order chi connectivity index (χ0) is 17.3. The first kappa shape index (κ1) is 17.0. The van der Waals surface area contributed by atoms with Gasteiger partial charge >= 0.3 is 0 Å². The number of amides is 1. The van der Waals surface area contributed by atoms with Crippen molar-refractivity contribution in [2.45, 2.75) is 39.8 Å². The average molecular weight is 332 g/mol. The van der Waals surface area contributed by atoms with E-state index in [0.29, 0.717) is 24.1 Å². The van der Waals surface area contributed by atoms with Crippen molar-refractivity contribution >= 4 is 16.9 Å². The molecule has 1 aromatic heterocycles. The average Bonchev–Trinajstić information content (AvgIpc) is 2.94. The Bertz CT molecular complexity index is 725. The van der Waals surface area contributed by atoms with Gasteiger partial charge in [-0.05, 0) is 36.6 Å². The first-order valence-corrected chi connectivity index (χ1v) is 8.64. The summed E-state index contributed by atoms with van der Waals surface area (Å²) in [5.41, 5.74) is 0.707. The molecular weight excluding hydrogens is 307 g/mol. The summed E-state index contributed by atoms with van der Waals surface area (Å²) >= 11 is 0. The number of fused-ring (bicyclic) bond motifs is 1. The third-order valence-corrected chi connectivity index (χ3v) is 4.78. The summed E-state index contributed by atoms with van der Waals surface area (Å²) in [5, 5.41) is 4.32. The second kappa shape index (κ2) is 6.93. The number of likely N-dealkylation sites (tertiary alicyclic amines) is 1. The fourth-order valence-electron chi connectivity index (χ4n) is 3.40. The van der Waals surface area contributed by atoms with Crippen molar-refractivity contribution in [3.63, 3.8) is 0 Å². The normalized spacial score (nSPS) is 21.6. The van der Waals surface area contributed by atoms with Crippen molar-refractivity contribution in [2.24, 2.45) is 11.8 Å². The van der Waals surface area contributed by atoms with Gasteiger partial charge < -0.3 is 14.6 Å². The minimum Gasteiger partial charge on any atom is -0.460 e. The molecule has 1 amide bonds. The second-order valence-electron chi connectivity index (χ2n) is 7.09. The molecule has 0 bridgehead atoms. The molecule has 1 aromatic carbocycles. The first-order valence-electron chi connectivity index (χ1n) is 8.64. The number of carbonyl (C=O) groups excluding carboxylic acids is 1. The highest BCUT2D eigenvalue weighted by Gasteiger charge is 2.29. The fraction of sp³-hybridized carbons (Fsp3) is 0.526. The Morgan fingerprint density at radius 2 is 2.21 bits per heavy atom. The highest BCUT2D eigenvalue weighted by atomic mass is 19.1. The smallest absolute Gasteiger partial charge is 0.225 e. The summed E-state index contributed by atoms with van der Waals surface area (Å²) in [5.74, 6) is 1.24. The number of furan rings is 1. The van der Waals surface area contributed by atoms with Crippen LogP contribution < -0.4 is 5.32 Å². The van der Waals surface area contributed by atoms with E-state index in [4.69, 9.17) is 4.42 Å². The Morgan fingerprint density at radius 1 is 1.42 bits per heavy atom. The van der Waals surface area contributed by atoms with Crippen LogP contribution in [0, 0.1) is 17.7 Å². The van der Waals surface area contributed by atoms with Crippen LogP contribution in [-0.2, 0) is 11.3 Å². The molecule has 2 atom stereocenters. The van der Waals surface area contributed by atoms with Crippen molar-refractivity contribution in [3.8, 4) is 0 Å². The fourth-order valence-corrected chi connectivity index (χ4v) is 3.40. The van der Waals surface area contributed by atoms with Crippen LogP contribution >= 0.6 is 0 Å². The topological polar surface area (TPSA) is 45.5 Å². The van der Waals surface area contributed by atoms with E-state index in [-0.39, 0.29) is 17.6 Å². The molecule has 1 aliphatic heterocycles. The minimum absolute atomic E-state index is 0.0534. The molecule has 0 spiro atoms. The van der Waals surface area contributed by atoms with Crippen molar-refractivity contribution in [3.05, 3.63) is 35.8 Å². The lowest BCUT2D eigenvalue weighted by Gasteiger charge is -2.38. The molecule has 4 nitrogen and oxygen atoms in total. The van der Waals surface area contributed by atoms with Gasteiger partial charge in [0.2, 0.25) is 5.91 Å². The summed E-state index contributed by atoms with van der Waals surface area (Å²) < 4.78 is 19.0. The van der Waals surface area contributed by atoms with Gasteiger partial charge in [0.15, 0.2) is 0 Å². The lowest BCUT2D eigenvalue weighted by molar-refractivity contribution is -0.136. The molecule has 3 rings (SSSR count). The number of carbonyl (C=O) groups is 1. The third kappa shape index (κ3) is 3.61. The van der Waals surface area contributed by atoms with Crippen molar-refractivity contribution in [2.75, 3.05) is 13.1 Å². The Morgan fingerprint density at radius 3 is 2.92 bits per heavy atom. The van der Waals surface area contributed by atoms with Crippen LogP contribution in [0.2, 0.25) is 0 Å². The van der Waals surface area contributed by atoms with Crippen LogP contribution in [0.3, 0.4) is 0 Å². The Hall–Kier alpha value is -1.88. The number of halogens is 1. The molecule has 1 N–H and O–H groups in total. The van der Waals surface area contributed by atoms with Crippen LogP contribution in [-0.4, -0.2) is 29.9 Å².